The number of rotatable bonds is 6. The van der Waals surface area contributed by atoms with E-state index in [9.17, 15) is 4.79 Å². The lowest BCUT2D eigenvalue weighted by Gasteiger charge is -2.09. The Morgan fingerprint density at radius 3 is 3.00 bits per heavy atom. The maximum Gasteiger partial charge on any atom is 0.255 e. The Kier molecular flexibility index (Phi) is 5.79. The number of nitrogens with two attached hydrogens (primary N) is 1. The molecule has 0 saturated heterocycles. The Hall–Kier alpha value is -1.27. The molecular formula is C11H18N4OS. The maximum absolute atomic E-state index is 11.8. The minimum absolute atomic E-state index is 0.147. The zero-order chi connectivity index (χ0) is 12.7. The summed E-state index contributed by atoms with van der Waals surface area (Å²) in [6, 6.07) is 1.75. The molecule has 1 aromatic rings. The number of carbonyl (C=O) groups excluding carboxylic acids is 1. The Morgan fingerprint density at radius 2 is 2.35 bits per heavy atom. The quantitative estimate of drug-likeness (QED) is 0.403. The molecule has 0 atom stereocenters. The highest BCUT2D eigenvalue weighted by Gasteiger charge is 2.10. The Balaban J connectivity index is 2.62. The number of pyridine rings is 1. The molecule has 0 radical (unpaired) electrons. The van der Waals surface area contributed by atoms with Crippen LogP contribution in [0.2, 0.25) is 0 Å². The van der Waals surface area contributed by atoms with Crippen LogP contribution >= 0.6 is 11.8 Å². The van der Waals surface area contributed by atoms with Gasteiger partial charge in [-0.25, -0.2) is 0 Å². The minimum atomic E-state index is -0.147. The fourth-order valence-corrected chi connectivity index (χ4v) is 1.81. The molecule has 0 aliphatic carbocycles. The number of aromatic nitrogens is 1. The molecule has 0 aliphatic rings. The van der Waals surface area contributed by atoms with Gasteiger partial charge in [0.25, 0.3) is 5.91 Å². The molecule has 17 heavy (non-hydrogen) atoms. The third-order valence-corrected chi connectivity index (χ3v) is 2.95. The van der Waals surface area contributed by atoms with E-state index in [1.807, 2.05) is 13.2 Å². The number of carbonyl (C=O) groups is 1. The number of nitrogens with one attached hydrogen (secondary N) is 2. The van der Waals surface area contributed by atoms with E-state index in [1.54, 1.807) is 17.8 Å². The predicted octanol–water partition coefficient (Wildman–Crippen LogP) is 1.16. The topological polar surface area (TPSA) is 80.0 Å². The molecule has 1 rings (SSSR count). The van der Waals surface area contributed by atoms with Crippen LogP contribution in [0.1, 0.15) is 22.5 Å². The van der Waals surface area contributed by atoms with Gasteiger partial charge in [0.1, 0.15) is 0 Å². The molecule has 1 aromatic heterocycles. The first kappa shape index (κ1) is 13.8. The number of nitrogen functional groups attached to an aromatic ring is 1. The average molecular weight is 254 g/mol. The standard InChI is InChI=1S/C11H18N4OS/c1-8-6-10(15-12)9(7-14-8)11(16)13-4-3-5-17-2/h6-7H,3-5,12H2,1-2H3,(H,13,16)(H,14,15). The molecule has 0 fully saturated rings. The summed E-state index contributed by atoms with van der Waals surface area (Å²) in [6.07, 6.45) is 4.54. The van der Waals surface area contributed by atoms with Crippen LogP contribution in [-0.4, -0.2) is 29.4 Å². The third kappa shape index (κ3) is 4.24. The molecule has 0 bridgehead atoms. The van der Waals surface area contributed by atoms with Crippen molar-refractivity contribution in [2.24, 2.45) is 5.84 Å². The summed E-state index contributed by atoms with van der Waals surface area (Å²) >= 11 is 1.76. The van der Waals surface area contributed by atoms with Gasteiger partial charge in [-0.05, 0) is 31.4 Å². The van der Waals surface area contributed by atoms with E-state index in [2.05, 4.69) is 15.7 Å². The summed E-state index contributed by atoms with van der Waals surface area (Å²) in [5, 5.41) is 2.84. The van der Waals surface area contributed by atoms with E-state index in [0.717, 1.165) is 17.9 Å². The fourth-order valence-electron chi connectivity index (χ4n) is 1.37. The number of amides is 1. The number of thioether (sulfide) groups is 1. The second-order valence-corrected chi connectivity index (χ2v) is 4.60. The van der Waals surface area contributed by atoms with Gasteiger partial charge in [-0.3, -0.25) is 15.6 Å². The maximum atomic E-state index is 11.8. The highest BCUT2D eigenvalue weighted by molar-refractivity contribution is 7.98. The van der Waals surface area contributed by atoms with Crippen molar-refractivity contribution in [3.05, 3.63) is 23.5 Å². The molecule has 1 amide bonds. The summed E-state index contributed by atoms with van der Waals surface area (Å²) in [7, 11) is 0. The summed E-state index contributed by atoms with van der Waals surface area (Å²) in [4.78, 5) is 15.9. The van der Waals surface area contributed by atoms with Gasteiger partial charge in [0.2, 0.25) is 0 Å². The number of anilines is 1. The normalized spacial score (nSPS) is 10.1. The monoisotopic (exact) mass is 254 g/mol. The van der Waals surface area contributed by atoms with Crippen molar-refractivity contribution in [3.63, 3.8) is 0 Å². The van der Waals surface area contributed by atoms with E-state index in [-0.39, 0.29) is 5.91 Å². The van der Waals surface area contributed by atoms with Crippen molar-refractivity contribution < 1.29 is 4.79 Å². The number of nitrogens with zero attached hydrogens (tertiary/aromatic N) is 1. The largest absolute Gasteiger partial charge is 0.352 e. The van der Waals surface area contributed by atoms with Crippen LogP contribution in [0.4, 0.5) is 5.69 Å². The van der Waals surface area contributed by atoms with E-state index < -0.39 is 0 Å². The molecule has 0 aliphatic heterocycles. The second kappa shape index (κ2) is 7.13. The van der Waals surface area contributed by atoms with Gasteiger partial charge in [0.15, 0.2) is 0 Å². The van der Waals surface area contributed by atoms with Crippen molar-refractivity contribution in [2.75, 3.05) is 24.0 Å². The SMILES string of the molecule is CSCCCNC(=O)c1cnc(C)cc1NN. The lowest BCUT2D eigenvalue weighted by Crippen LogP contribution is -2.26. The van der Waals surface area contributed by atoms with Crippen molar-refractivity contribution in [3.8, 4) is 0 Å². The first-order chi connectivity index (χ1) is 8.19. The van der Waals surface area contributed by atoms with Gasteiger partial charge in [-0.15, -0.1) is 0 Å². The highest BCUT2D eigenvalue weighted by Crippen LogP contribution is 2.13. The number of aryl methyl sites for hydroxylation is 1. The third-order valence-electron chi connectivity index (χ3n) is 2.25. The summed E-state index contributed by atoms with van der Waals surface area (Å²) < 4.78 is 0. The van der Waals surface area contributed by atoms with E-state index >= 15 is 0 Å². The van der Waals surface area contributed by atoms with Crippen LogP contribution in [0, 0.1) is 6.92 Å². The van der Waals surface area contributed by atoms with Crippen LogP contribution < -0.4 is 16.6 Å². The summed E-state index contributed by atoms with van der Waals surface area (Å²) in [5.41, 5.74) is 4.40. The van der Waals surface area contributed by atoms with Crippen LogP contribution in [0.5, 0.6) is 0 Å². The van der Waals surface area contributed by atoms with Crippen LogP contribution in [0.3, 0.4) is 0 Å². The molecular weight excluding hydrogens is 236 g/mol. The van der Waals surface area contributed by atoms with Crippen LogP contribution in [-0.2, 0) is 0 Å². The van der Waals surface area contributed by atoms with Crippen molar-refractivity contribution in [1.82, 2.24) is 10.3 Å². The molecule has 1 heterocycles. The lowest BCUT2D eigenvalue weighted by atomic mass is 10.2. The molecule has 5 nitrogen and oxygen atoms in total. The summed E-state index contributed by atoms with van der Waals surface area (Å²) in [6.45, 7) is 2.51. The Labute approximate surface area is 106 Å². The zero-order valence-electron chi connectivity index (χ0n) is 10.1. The first-order valence-corrected chi connectivity index (χ1v) is 6.78. The highest BCUT2D eigenvalue weighted by atomic mass is 32.2. The van der Waals surface area contributed by atoms with Gasteiger partial charge >= 0.3 is 0 Å². The van der Waals surface area contributed by atoms with E-state index in [0.29, 0.717) is 17.8 Å². The molecule has 94 valence electrons. The second-order valence-electron chi connectivity index (χ2n) is 3.62. The van der Waals surface area contributed by atoms with Crippen molar-refractivity contribution in [1.29, 1.82) is 0 Å². The van der Waals surface area contributed by atoms with Crippen LogP contribution in [0.25, 0.3) is 0 Å². The van der Waals surface area contributed by atoms with Gasteiger partial charge in [0.05, 0.1) is 11.3 Å². The molecule has 4 N–H and O–H groups in total. The number of hydrazine groups is 1. The lowest BCUT2D eigenvalue weighted by molar-refractivity contribution is 0.0954. The first-order valence-electron chi connectivity index (χ1n) is 5.39. The van der Waals surface area contributed by atoms with Gasteiger partial charge in [-0.2, -0.15) is 11.8 Å². The molecule has 6 heteroatoms. The molecule has 0 aromatic carbocycles. The zero-order valence-corrected chi connectivity index (χ0v) is 10.9. The number of hydrogen-bond donors (Lipinski definition) is 3. The van der Waals surface area contributed by atoms with E-state index in [4.69, 9.17) is 5.84 Å². The van der Waals surface area contributed by atoms with Crippen molar-refractivity contribution in [2.45, 2.75) is 13.3 Å². The predicted molar refractivity (Wildman–Crippen MR) is 72.1 cm³/mol. The van der Waals surface area contributed by atoms with Crippen LogP contribution in [0.15, 0.2) is 12.3 Å². The average Bonchev–Trinajstić information content (AvgIpc) is 2.34. The van der Waals surface area contributed by atoms with Gasteiger partial charge < -0.3 is 10.7 Å². The van der Waals surface area contributed by atoms with Gasteiger partial charge in [-0.1, -0.05) is 0 Å². The van der Waals surface area contributed by atoms with Gasteiger partial charge in [0, 0.05) is 18.4 Å². The molecule has 0 saturated carbocycles. The number of hydrogen-bond acceptors (Lipinski definition) is 5. The Bertz CT molecular complexity index is 384. The molecule has 0 spiro atoms. The summed E-state index contributed by atoms with van der Waals surface area (Å²) in [5.74, 6) is 6.26. The smallest absolute Gasteiger partial charge is 0.255 e. The van der Waals surface area contributed by atoms with Crippen molar-refractivity contribution >= 4 is 23.4 Å². The Morgan fingerprint density at radius 1 is 1.59 bits per heavy atom. The van der Waals surface area contributed by atoms with E-state index in [1.165, 1.54) is 6.20 Å². The fraction of sp³-hybridized carbons (Fsp3) is 0.455. The minimum Gasteiger partial charge on any atom is -0.352 e. The molecule has 0 unspecified atom stereocenters.